The van der Waals surface area contributed by atoms with Crippen LogP contribution in [0.2, 0.25) is 0 Å². The summed E-state index contributed by atoms with van der Waals surface area (Å²) in [5, 5.41) is 1.38. The number of nitrogens with zero attached hydrogens (tertiary/aromatic N) is 1. The molecule has 88 valence electrons. The van der Waals surface area contributed by atoms with Gasteiger partial charge in [-0.1, -0.05) is 30.3 Å². The first-order valence-corrected chi connectivity index (χ1v) is 5.44. The zero-order valence-corrected chi connectivity index (χ0v) is 8.98. The molecule has 1 aliphatic heterocycles. The highest BCUT2D eigenvalue weighted by atomic mass is 19.1. The number of halogens is 2. The molecule has 2 nitrogen and oxygen atoms in total. The minimum atomic E-state index is -1.13. The lowest BCUT2D eigenvalue weighted by atomic mass is 10.1. The van der Waals surface area contributed by atoms with Crippen molar-refractivity contribution < 1.29 is 13.6 Å². The highest BCUT2D eigenvalue weighted by Crippen LogP contribution is 2.17. The summed E-state index contributed by atoms with van der Waals surface area (Å²) in [5.74, 6) is 0. The van der Waals surface area contributed by atoms with Crippen LogP contribution in [0.1, 0.15) is 12.0 Å². The smallest absolute Gasteiger partial charge is 0.118 e. The van der Waals surface area contributed by atoms with Crippen LogP contribution in [-0.2, 0) is 11.4 Å². The maximum absolute atomic E-state index is 13.0. The van der Waals surface area contributed by atoms with Gasteiger partial charge in [-0.05, 0) is 5.56 Å². The van der Waals surface area contributed by atoms with E-state index in [1.807, 2.05) is 30.3 Å². The molecule has 2 rings (SSSR count). The van der Waals surface area contributed by atoms with Crippen LogP contribution < -0.4 is 0 Å². The van der Waals surface area contributed by atoms with E-state index >= 15 is 0 Å². The minimum Gasteiger partial charge on any atom is -0.294 e. The van der Waals surface area contributed by atoms with E-state index in [0.29, 0.717) is 6.61 Å². The van der Waals surface area contributed by atoms with Crippen molar-refractivity contribution in [2.24, 2.45) is 0 Å². The number of hydrogen-bond acceptors (Lipinski definition) is 2. The summed E-state index contributed by atoms with van der Waals surface area (Å²) in [6.45, 7) is 0.681. The molecule has 0 aromatic heterocycles. The predicted octanol–water partition coefficient (Wildman–Crippen LogP) is 2.50. The molecule has 1 fully saturated rings. The lowest BCUT2D eigenvalue weighted by molar-refractivity contribution is -0.200. The molecular formula is C12H15F2NO. The third kappa shape index (κ3) is 3.25. The maximum atomic E-state index is 13.0. The second kappa shape index (κ2) is 5.37. The number of hydroxylamine groups is 2. The summed E-state index contributed by atoms with van der Waals surface area (Å²) in [5.41, 5.74) is 0.999. The van der Waals surface area contributed by atoms with Crippen molar-refractivity contribution in [3.05, 3.63) is 35.9 Å². The fourth-order valence-electron chi connectivity index (χ4n) is 1.79. The van der Waals surface area contributed by atoms with Gasteiger partial charge < -0.3 is 0 Å². The monoisotopic (exact) mass is 227 g/mol. The summed E-state index contributed by atoms with van der Waals surface area (Å²) in [6.07, 6.45) is -2.26. The molecule has 16 heavy (non-hydrogen) atoms. The molecule has 1 aliphatic rings. The molecule has 2 unspecified atom stereocenters. The second-order valence-electron chi connectivity index (χ2n) is 4.04. The van der Waals surface area contributed by atoms with Gasteiger partial charge in [-0.25, -0.2) is 8.78 Å². The van der Waals surface area contributed by atoms with Crippen molar-refractivity contribution in [2.75, 3.05) is 13.1 Å². The standard InChI is InChI=1S/C12H15F2NO/c13-11-6-12(14)8-15(7-11)16-9-10-4-2-1-3-5-10/h1-5,11-12H,6-9H2. The number of hydrogen-bond donors (Lipinski definition) is 0. The van der Waals surface area contributed by atoms with Crippen molar-refractivity contribution in [1.82, 2.24) is 5.06 Å². The third-order valence-electron chi connectivity index (χ3n) is 2.57. The van der Waals surface area contributed by atoms with Crippen molar-refractivity contribution in [1.29, 1.82) is 0 Å². The van der Waals surface area contributed by atoms with Gasteiger partial charge in [0.25, 0.3) is 0 Å². The van der Waals surface area contributed by atoms with Crippen molar-refractivity contribution in [3.8, 4) is 0 Å². The Hall–Kier alpha value is -1.00. The Morgan fingerprint density at radius 3 is 2.38 bits per heavy atom. The summed E-state index contributed by atoms with van der Waals surface area (Å²) >= 11 is 0. The minimum absolute atomic E-state index is 0.00873. The van der Waals surface area contributed by atoms with Crippen molar-refractivity contribution >= 4 is 0 Å². The highest BCUT2D eigenvalue weighted by molar-refractivity contribution is 5.13. The fraction of sp³-hybridized carbons (Fsp3) is 0.500. The second-order valence-corrected chi connectivity index (χ2v) is 4.04. The summed E-state index contributed by atoms with van der Waals surface area (Å²) in [7, 11) is 0. The van der Waals surface area contributed by atoms with Gasteiger partial charge in [0.2, 0.25) is 0 Å². The average Bonchev–Trinajstić information content (AvgIpc) is 2.27. The Kier molecular flexibility index (Phi) is 3.85. The first-order valence-electron chi connectivity index (χ1n) is 5.44. The molecule has 0 aliphatic carbocycles. The largest absolute Gasteiger partial charge is 0.294 e. The van der Waals surface area contributed by atoms with Gasteiger partial charge in [0.05, 0.1) is 19.7 Å². The Morgan fingerprint density at radius 2 is 1.75 bits per heavy atom. The lowest BCUT2D eigenvalue weighted by Crippen LogP contribution is -2.42. The number of rotatable bonds is 3. The van der Waals surface area contributed by atoms with E-state index in [2.05, 4.69) is 0 Å². The molecule has 0 bridgehead atoms. The first kappa shape index (κ1) is 11.5. The van der Waals surface area contributed by atoms with E-state index in [-0.39, 0.29) is 19.5 Å². The van der Waals surface area contributed by atoms with Crippen LogP contribution in [0, 0.1) is 0 Å². The zero-order chi connectivity index (χ0) is 11.4. The van der Waals surface area contributed by atoms with Crippen LogP contribution in [0.25, 0.3) is 0 Å². The third-order valence-corrected chi connectivity index (χ3v) is 2.57. The van der Waals surface area contributed by atoms with Crippen molar-refractivity contribution in [2.45, 2.75) is 25.4 Å². The van der Waals surface area contributed by atoms with E-state index < -0.39 is 12.3 Å². The molecule has 0 saturated carbocycles. The summed E-state index contributed by atoms with van der Waals surface area (Å²) in [4.78, 5) is 5.36. The molecule has 1 saturated heterocycles. The Morgan fingerprint density at radius 1 is 1.12 bits per heavy atom. The van der Waals surface area contributed by atoms with Crippen LogP contribution in [-0.4, -0.2) is 30.5 Å². The SMILES string of the molecule is FC1CC(F)CN(OCc2ccccc2)C1. The molecule has 0 N–H and O–H groups in total. The van der Waals surface area contributed by atoms with Gasteiger partial charge in [0.1, 0.15) is 12.3 Å². The van der Waals surface area contributed by atoms with E-state index in [0.717, 1.165) is 5.56 Å². The molecule has 1 heterocycles. The normalized spacial score (nSPS) is 26.9. The van der Waals surface area contributed by atoms with Crippen LogP contribution in [0.5, 0.6) is 0 Å². The van der Waals surface area contributed by atoms with E-state index in [1.165, 1.54) is 5.06 Å². The fourth-order valence-corrected chi connectivity index (χ4v) is 1.79. The van der Waals surface area contributed by atoms with E-state index in [9.17, 15) is 8.78 Å². The van der Waals surface area contributed by atoms with E-state index in [1.54, 1.807) is 0 Å². The average molecular weight is 227 g/mol. The van der Waals surface area contributed by atoms with E-state index in [4.69, 9.17) is 4.84 Å². The molecule has 0 radical (unpaired) electrons. The summed E-state index contributed by atoms with van der Waals surface area (Å²) < 4.78 is 26.1. The number of alkyl halides is 2. The van der Waals surface area contributed by atoms with Gasteiger partial charge in [-0.2, -0.15) is 5.06 Å². The molecular weight excluding hydrogens is 212 g/mol. The van der Waals surface area contributed by atoms with Crippen LogP contribution in [0.15, 0.2) is 30.3 Å². The Bertz CT molecular complexity index is 310. The molecule has 2 atom stereocenters. The van der Waals surface area contributed by atoms with Gasteiger partial charge in [-0.15, -0.1) is 0 Å². The van der Waals surface area contributed by atoms with Gasteiger partial charge >= 0.3 is 0 Å². The first-order chi connectivity index (χ1) is 7.74. The molecule has 0 amide bonds. The topological polar surface area (TPSA) is 12.5 Å². The molecule has 1 aromatic rings. The van der Waals surface area contributed by atoms with Crippen molar-refractivity contribution in [3.63, 3.8) is 0 Å². The van der Waals surface area contributed by atoms with Gasteiger partial charge in [0, 0.05) is 6.42 Å². The van der Waals surface area contributed by atoms with Crippen LogP contribution >= 0.6 is 0 Å². The van der Waals surface area contributed by atoms with Gasteiger partial charge in [0.15, 0.2) is 0 Å². The Balaban J connectivity index is 1.81. The molecule has 1 aromatic carbocycles. The number of benzene rings is 1. The van der Waals surface area contributed by atoms with Crippen LogP contribution in [0.4, 0.5) is 8.78 Å². The highest BCUT2D eigenvalue weighted by Gasteiger charge is 2.27. The molecule has 0 spiro atoms. The van der Waals surface area contributed by atoms with Gasteiger partial charge in [-0.3, -0.25) is 4.84 Å². The predicted molar refractivity (Wildman–Crippen MR) is 57.2 cm³/mol. The van der Waals surface area contributed by atoms with Crippen LogP contribution in [0.3, 0.4) is 0 Å². The molecule has 4 heteroatoms. The zero-order valence-electron chi connectivity index (χ0n) is 8.98. The Labute approximate surface area is 93.8 Å². The quantitative estimate of drug-likeness (QED) is 0.786. The number of piperidine rings is 1. The maximum Gasteiger partial charge on any atom is 0.118 e. The summed E-state index contributed by atoms with van der Waals surface area (Å²) in [6, 6.07) is 9.57. The lowest BCUT2D eigenvalue weighted by Gasteiger charge is -2.30.